The predicted molar refractivity (Wildman–Crippen MR) is 62.7 cm³/mol. The number of ketones is 1. The van der Waals surface area contributed by atoms with Crippen LogP contribution in [0.15, 0.2) is 0 Å². The van der Waals surface area contributed by atoms with Gasteiger partial charge in [-0.25, -0.2) is 8.42 Å². The summed E-state index contributed by atoms with van der Waals surface area (Å²) < 4.78 is 21.5. The average Bonchev–Trinajstić information content (AvgIpc) is 2.10. The Morgan fingerprint density at radius 1 is 1.13 bits per heavy atom. The minimum atomic E-state index is -3.29. The fourth-order valence-corrected chi connectivity index (χ4v) is 1.74. The minimum Gasteiger partial charge on any atom is -0.298 e. The van der Waals surface area contributed by atoms with Gasteiger partial charge < -0.3 is 0 Å². The predicted octanol–water partition coefficient (Wildman–Crippen LogP) is 2.35. The third-order valence-electron chi connectivity index (χ3n) is 2.86. The molecule has 0 amide bonds. The van der Waals surface area contributed by atoms with E-state index < -0.39 is 14.6 Å². The second-order valence-electron chi connectivity index (χ2n) is 4.52. The Kier molecular flexibility index (Phi) is 5.49. The van der Waals surface area contributed by atoms with Crippen molar-refractivity contribution < 1.29 is 13.2 Å². The smallest absolute Gasteiger partial charge is 0.159 e. The lowest BCUT2D eigenvalue weighted by Crippen LogP contribution is -2.39. The number of unbranched alkanes of at least 4 members (excludes halogenated alkanes) is 3. The van der Waals surface area contributed by atoms with Crippen molar-refractivity contribution in [2.45, 2.75) is 57.6 Å². The Morgan fingerprint density at radius 2 is 1.67 bits per heavy atom. The van der Waals surface area contributed by atoms with E-state index >= 15 is 0 Å². The van der Waals surface area contributed by atoms with Crippen LogP contribution in [-0.4, -0.2) is 25.2 Å². The van der Waals surface area contributed by atoms with E-state index in [0.717, 1.165) is 31.9 Å². The second-order valence-corrected chi connectivity index (χ2v) is 7.08. The molecule has 0 aliphatic rings. The van der Waals surface area contributed by atoms with Crippen LogP contribution in [0.5, 0.6) is 0 Å². The van der Waals surface area contributed by atoms with Gasteiger partial charge in [0.05, 0.1) is 0 Å². The molecule has 0 aromatic rings. The Bertz CT molecular complexity index is 302. The summed E-state index contributed by atoms with van der Waals surface area (Å²) in [4.78, 5) is 11.7. The van der Waals surface area contributed by atoms with Gasteiger partial charge >= 0.3 is 0 Å². The summed E-state index contributed by atoms with van der Waals surface area (Å²) in [6, 6.07) is 0. The summed E-state index contributed by atoms with van der Waals surface area (Å²) in [7, 11) is -3.29. The highest BCUT2D eigenvalue weighted by molar-refractivity contribution is 7.92. The van der Waals surface area contributed by atoms with Gasteiger partial charge in [0.15, 0.2) is 15.6 Å². The molecular weight excluding hydrogens is 212 g/mol. The maximum absolute atomic E-state index is 11.7. The number of hydrogen-bond acceptors (Lipinski definition) is 3. The summed E-state index contributed by atoms with van der Waals surface area (Å²) in [5.74, 6) is -0.166. The van der Waals surface area contributed by atoms with Crippen LogP contribution in [0, 0.1) is 0 Å². The monoisotopic (exact) mass is 234 g/mol. The molecule has 0 aliphatic carbocycles. The van der Waals surface area contributed by atoms with Gasteiger partial charge in [0.1, 0.15) is 4.75 Å². The maximum Gasteiger partial charge on any atom is 0.159 e. The van der Waals surface area contributed by atoms with Crippen molar-refractivity contribution in [3.05, 3.63) is 0 Å². The van der Waals surface area contributed by atoms with Gasteiger partial charge in [-0.3, -0.25) is 4.79 Å². The first-order valence-electron chi connectivity index (χ1n) is 5.46. The molecule has 0 saturated carbocycles. The van der Waals surface area contributed by atoms with Gasteiger partial charge in [-0.05, 0) is 20.3 Å². The maximum atomic E-state index is 11.7. The molecule has 0 aromatic carbocycles. The van der Waals surface area contributed by atoms with Crippen LogP contribution in [0.2, 0.25) is 0 Å². The highest BCUT2D eigenvalue weighted by atomic mass is 32.2. The first kappa shape index (κ1) is 14.6. The standard InChI is InChI=1S/C11H22O3S/c1-5-6-7-8-9-10(12)11(2,3)15(4,13)14/h5-9H2,1-4H3. The number of carbonyl (C=O) groups excluding carboxylic acids is 1. The number of rotatable bonds is 7. The van der Waals surface area contributed by atoms with Crippen molar-refractivity contribution in [1.82, 2.24) is 0 Å². The molecule has 0 fully saturated rings. The van der Waals surface area contributed by atoms with E-state index in [9.17, 15) is 13.2 Å². The molecule has 0 bridgehead atoms. The molecule has 0 radical (unpaired) electrons. The third-order valence-corrected chi connectivity index (χ3v) is 4.94. The summed E-state index contributed by atoms with van der Waals surface area (Å²) in [5, 5.41) is 0. The topological polar surface area (TPSA) is 51.2 Å². The molecule has 0 spiro atoms. The van der Waals surface area contributed by atoms with Crippen LogP contribution in [-0.2, 0) is 14.6 Å². The first-order valence-corrected chi connectivity index (χ1v) is 7.35. The quantitative estimate of drug-likeness (QED) is 0.635. The lowest BCUT2D eigenvalue weighted by molar-refractivity contribution is -0.120. The number of sulfone groups is 1. The van der Waals surface area contributed by atoms with Gasteiger partial charge in [-0.15, -0.1) is 0 Å². The number of Topliss-reactive ketones (excluding diaryl/α,β-unsaturated/α-hetero) is 1. The molecule has 0 saturated heterocycles. The molecule has 0 atom stereocenters. The van der Waals surface area contributed by atoms with Crippen molar-refractivity contribution in [3.8, 4) is 0 Å². The van der Waals surface area contributed by atoms with E-state index in [-0.39, 0.29) is 5.78 Å². The van der Waals surface area contributed by atoms with E-state index in [1.807, 2.05) is 0 Å². The van der Waals surface area contributed by atoms with Crippen molar-refractivity contribution in [2.75, 3.05) is 6.26 Å². The Balaban J connectivity index is 4.22. The molecule has 0 aromatic heterocycles. The Morgan fingerprint density at radius 3 is 2.07 bits per heavy atom. The molecule has 4 heteroatoms. The van der Waals surface area contributed by atoms with Crippen LogP contribution in [0.25, 0.3) is 0 Å². The number of hydrogen-bond donors (Lipinski definition) is 0. The number of carbonyl (C=O) groups is 1. The summed E-state index contributed by atoms with van der Waals surface area (Å²) in [6.45, 7) is 5.08. The fraction of sp³-hybridized carbons (Fsp3) is 0.909. The Hall–Kier alpha value is -0.380. The second kappa shape index (κ2) is 5.64. The van der Waals surface area contributed by atoms with Gasteiger partial charge in [0, 0.05) is 12.7 Å². The zero-order valence-corrected chi connectivity index (χ0v) is 11.0. The van der Waals surface area contributed by atoms with Crippen molar-refractivity contribution in [1.29, 1.82) is 0 Å². The van der Waals surface area contributed by atoms with Crippen LogP contribution in [0.4, 0.5) is 0 Å². The molecule has 0 unspecified atom stereocenters. The summed E-state index contributed by atoms with van der Waals surface area (Å²) in [5.41, 5.74) is 0. The first-order chi connectivity index (χ1) is 6.73. The van der Waals surface area contributed by atoms with E-state index in [2.05, 4.69) is 6.92 Å². The third kappa shape index (κ3) is 4.33. The Labute approximate surface area is 93.2 Å². The molecule has 15 heavy (non-hydrogen) atoms. The van der Waals surface area contributed by atoms with E-state index in [4.69, 9.17) is 0 Å². The van der Waals surface area contributed by atoms with E-state index in [1.54, 1.807) is 0 Å². The van der Waals surface area contributed by atoms with Crippen molar-refractivity contribution in [2.24, 2.45) is 0 Å². The van der Waals surface area contributed by atoms with Gasteiger partial charge in [0.25, 0.3) is 0 Å². The van der Waals surface area contributed by atoms with E-state index in [1.165, 1.54) is 13.8 Å². The lowest BCUT2D eigenvalue weighted by atomic mass is 10.0. The molecular formula is C11H22O3S. The van der Waals surface area contributed by atoms with Gasteiger partial charge in [0.2, 0.25) is 0 Å². The lowest BCUT2D eigenvalue weighted by Gasteiger charge is -2.20. The largest absolute Gasteiger partial charge is 0.298 e. The van der Waals surface area contributed by atoms with Gasteiger partial charge in [-0.1, -0.05) is 26.2 Å². The minimum absolute atomic E-state index is 0.166. The molecule has 90 valence electrons. The SMILES string of the molecule is CCCCCCC(=O)C(C)(C)S(C)(=O)=O. The normalized spacial score (nSPS) is 12.8. The van der Waals surface area contributed by atoms with Crippen molar-refractivity contribution in [3.63, 3.8) is 0 Å². The van der Waals surface area contributed by atoms with Crippen LogP contribution in [0.3, 0.4) is 0 Å². The highest BCUT2D eigenvalue weighted by Crippen LogP contribution is 2.19. The summed E-state index contributed by atoms with van der Waals surface area (Å²) in [6.07, 6.45) is 5.51. The zero-order chi connectivity index (χ0) is 12.1. The summed E-state index contributed by atoms with van der Waals surface area (Å²) >= 11 is 0. The molecule has 0 heterocycles. The van der Waals surface area contributed by atoms with Crippen molar-refractivity contribution >= 4 is 15.6 Å². The molecule has 0 N–H and O–H groups in total. The molecule has 3 nitrogen and oxygen atoms in total. The molecule has 0 rings (SSSR count). The van der Waals surface area contributed by atoms with Crippen LogP contribution >= 0.6 is 0 Å². The van der Waals surface area contributed by atoms with Gasteiger partial charge in [-0.2, -0.15) is 0 Å². The molecule has 0 aliphatic heterocycles. The highest BCUT2D eigenvalue weighted by Gasteiger charge is 2.37. The van der Waals surface area contributed by atoms with Crippen LogP contribution < -0.4 is 0 Å². The average molecular weight is 234 g/mol. The van der Waals surface area contributed by atoms with E-state index in [0.29, 0.717) is 6.42 Å². The zero-order valence-electron chi connectivity index (χ0n) is 10.2. The van der Waals surface area contributed by atoms with Crippen LogP contribution in [0.1, 0.15) is 52.9 Å². The fourth-order valence-electron chi connectivity index (χ4n) is 1.22.